The van der Waals surface area contributed by atoms with Gasteiger partial charge >= 0.3 is 0 Å². The third kappa shape index (κ3) is 5.33. The molecule has 0 aliphatic heterocycles. The molecule has 0 fully saturated rings. The molecule has 0 heterocycles. The number of hydrogen-bond acceptors (Lipinski definition) is 2. The van der Waals surface area contributed by atoms with E-state index < -0.39 is 0 Å². The fraction of sp³-hybridized carbons (Fsp3) is 0.600. The molecule has 1 atom stereocenters. The lowest BCUT2D eigenvalue weighted by molar-refractivity contribution is 0.109. The summed E-state index contributed by atoms with van der Waals surface area (Å²) in [5.74, 6) is 0. The van der Waals surface area contributed by atoms with Gasteiger partial charge in [-0.1, -0.05) is 50.1 Å². The van der Waals surface area contributed by atoms with E-state index in [1.165, 1.54) is 17.5 Å². The number of nitrogens with one attached hydrogen (secondary N) is 1. The maximum atomic E-state index is 5.72. The van der Waals surface area contributed by atoms with Gasteiger partial charge in [0.2, 0.25) is 0 Å². The Bertz CT molecular complexity index is 312. The van der Waals surface area contributed by atoms with Crippen molar-refractivity contribution in [1.29, 1.82) is 0 Å². The molecule has 0 aliphatic carbocycles. The zero-order chi connectivity index (χ0) is 12.5. The molecule has 0 aliphatic rings. The summed E-state index contributed by atoms with van der Waals surface area (Å²) >= 11 is 0. The van der Waals surface area contributed by atoms with E-state index in [2.05, 4.69) is 50.4 Å². The smallest absolute Gasteiger partial charge is 0.0661 e. The van der Waals surface area contributed by atoms with Crippen molar-refractivity contribution in [2.75, 3.05) is 19.8 Å². The third-order valence-electron chi connectivity index (χ3n) is 2.82. The Morgan fingerprint density at radius 1 is 1.29 bits per heavy atom. The van der Waals surface area contributed by atoms with Crippen LogP contribution in [0.1, 0.15) is 43.9 Å². The Labute approximate surface area is 105 Å². The molecule has 0 bridgehead atoms. The molecule has 1 aromatic rings. The first-order chi connectivity index (χ1) is 8.27. The summed E-state index contributed by atoms with van der Waals surface area (Å²) < 4.78 is 5.72. The lowest BCUT2D eigenvalue weighted by Gasteiger charge is -2.19. The number of aryl methyl sites for hydroxylation is 1. The highest BCUT2D eigenvalue weighted by atomic mass is 16.5. The zero-order valence-corrected chi connectivity index (χ0v) is 11.3. The summed E-state index contributed by atoms with van der Waals surface area (Å²) in [6.07, 6.45) is 2.34. The number of rotatable bonds is 8. The van der Waals surface area contributed by atoms with Gasteiger partial charge in [-0.05, 0) is 25.5 Å². The normalized spacial score (nSPS) is 12.6. The topological polar surface area (TPSA) is 21.3 Å². The van der Waals surface area contributed by atoms with Gasteiger partial charge in [-0.15, -0.1) is 0 Å². The molecule has 0 spiro atoms. The predicted octanol–water partition coefficient (Wildman–Crippen LogP) is 3.46. The standard InChI is InChI=1S/C15H25NO/c1-4-6-10-17-12-15(16-5-2)14-9-7-8-13(3)11-14/h7-9,11,15-16H,4-6,10,12H2,1-3H3. The second-order valence-electron chi connectivity index (χ2n) is 4.45. The number of hydrogen-bond donors (Lipinski definition) is 1. The number of unbranched alkanes of at least 4 members (excludes halogenated alkanes) is 1. The van der Waals surface area contributed by atoms with E-state index >= 15 is 0 Å². The van der Waals surface area contributed by atoms with Crippen LogP contribution >= 0.6 is 0 Å². The van der Waals surface area contributed by atoms with Gasteiger partial charge in [-0.25, -0.2) is 0 Å². The van der Waals surface area contributed by atoms with Gasteiger partial charge in [0.25, 0.3) is 0 Å². The van der Waals surface area contributed by atoms with Gasteiger partial charge in [0, 0.05) is 6.61 Å². The van der Waals surface area contributed by atoms with Crippen molar-refractivity contribution in [3.63, 3.8) is 0 Å². The van der Waals surface area contributed by atoms with Crippen LogP contribution in [0, 0.1) is 6.92 Å². The van der Waals surface area contributed by atoms with Gasteiger partial charge < -0.3 is 10.1 Å². The van der Waals surface area contributed by atoms with E-state index in [0.717, 1.165) is 26.2 Å². The predicted molar refractivity (Wildman–Crippen MR) is 73.3 cm³/mol. The Morgan fingerprint density at radius 2 is 2.12 bits per heavy atom. The van der Waals surface area contributed by atoms with Gasteiger partial charge in [0.1, 0.15) is 0 Å². The van der Waals surface area contributed by atoms with E-state index in [-0.39, 0.29) is 0 Å². The SMILES string of the molecule is CCCCOCC(NCC)c1cccc(C)c1. The molecule has 0 saturated heterocycles. The van der Waals surface area contributed by atoms with Crippen LogP contribution in [0.15, 0.2) is 24.3 Å². The number of benzene rings is 1. The molecule has 1 N–H and O–H groups in total. The van der Waals surface area contributed by atoms with Crippen LogP contribution in [0.5, 0.6) is 0 Å². The fourth-order valence-electron chi connectivity index (χ4n) is 1.85. The third-order valence-corrected chi connectivity index (χ3v) is 2.82. The molecule has 0 saturated carbocycles. The maximum absolute atomic E-state index is 5.72. The molecule has 2 heteroatoms. The molecule has 1 unspecified atom stereocenters. The van der Waals surface area contributed by atoms with Crippen molar-refractivity contribution in [3.8, 4) is 0 Å². The monoisotopic (exact) mass is 235 g/mol. The average Bonchev–Trinajstić information content (AvgIpc) is 2.33. The Hall–Kier alpha value is -0.860. The van der Waals surface area contributed by atoms with Gasteiger partial charge in [0.05, 0.1) is 12.6 Å². The first-order valence-electron chi connectivity index (χ1n) is 6.65. The minimum Gasteiger partial charge on any atom is -0.379 e. The minimum absolute atomic E-state index is 0.316. The van der Waals surface area contributed by atoms with Crippen LogP contribution < -0.4 is 5.32 Å². The summed E-state index contributed by atoms with van der Waals surface area (Å²) in [6.45, 7) is 9.04. The van der Waals surface area contributed by atoms with Crippen LogP contribution in [0.25, 0.3) is 0 Å². The van der Waals surface area contributed by atoms with E-state index in [9.17, 15) is 0 Å². The Morgan fingerprint density at radius 3 is 2.76 bits per heavy atom. The van der Waals surface area contributed by atoms with Crippen molar-refractivity contribution in [1.82, 2.24) is 5.32 Å². The molecule has 2 nitrogen and oxygen atoms in total. The summed E-state index contributed by atoms with van der Waals surface area (Å²) in [7, 11) is 0. The van der Waals surface area contributed by atoms with Gasteiger partial charge in [-0.2, -0.15) is 0 Å². The zero-order valence-electron chi connectivity index (χ0n) is 11.3. The second kappa shape index (κ2) is 8.26. The number of ether oxygens (including phenoxy) is 1. The largest absolute Gasteiger partial charge is 0.379 e. The first-order valence-corrected chi connectivity index (χ1v) is 6.65. The lowest BCUT2D eigenvalue weighted by Crippen LogP contribution is -2.25. The molecule has 0 aromatic heterocycles. The molecule has 17 heavy (non-hydrogen) atoms. The van der Waals surface area contributed by atoms with Crippen molar-refractivity contribution in [2.24, 2.45) is 0 Å². The van der Waals surface area contributed by atoms with Crippen molar-refractivity contribution in [3.05, 3.63) is 35.4 Å². The van der Waals surface area contributed by atoms with Crippen LogP contribution in [0.3, 0.4) is 0 Å². The minimum atomic E-state index is 0.316. The molecular weight excluding hydrogens is 210 g/mol. The van der Waals surface area contributed by atoms with Crippen LogP contribution in [0.4, 0.5) is 0 Å². The molecule has 0 amide bonds. The van der Waals surface area contributed by atoms with Crippen molar-refractivity contribution in [2.45, 2.75) is 39.7 Å². The van der Waals surface area contributed by atoms with E-state index in [0.29, 0.717) is 6.04 Å². The van der Waals surface area contributed by atoms with Crippen LogP contribution in [-0.2, 0) is 4.74 Å². The summed E-state index contributed by atoms with van der Waals surface area (Å²) in [6, 6.07) is 8.96. The maximum Gasteiger partial charge on any atom is 0.0661 e. The van der Waals surface area contributed by atoms with E-state index in [1.807, 2.05) is 0 Å². The molecular formula is C15H25NO. The quantitative estimate of drug-likeness (QED) is 0.697. The van der Waals surface area contributed by atoms with Crippen LogP contribution in [0.2, 0.25) is 0 Å². The first kappa shape index (κ1) is 14.2. The second-order valence-corrected chi connectivity index (χ2v) is 4.45. The lowest BCUT2D eigenvalue weighted by atomic mass is 10.1. The Kier molecular flexibility index (Phi) is 6.90. The van der Waals surface area contributed by atoms with Crippen LogP contribution in [-0.4, -0.2) is 19.8 Å². The summed E-state index contributed by atoms with van der Waals surface area (Å²) in [5, 5.41) is 3.48. The number of likely N-dealkylation sites (N-methyl/N-ethyl adjacent to an activating group) is 1. The molecule has 1 rings (SSSR count). The molecule has 1 aromatic carbocycles. The van der Waals surface area contributed by atoms with E-state index in [1.54, 1.807) is 0 Å². The summed E-state index contributed by atoms with van der Waals surface area (Å²) in [4.78, 5) is 0. The highest BCUT2D eigenvalue weighted by molar-refractivity contribution is 5.25. The highest BCUT2D eigenvalue weighted by Crippen LogP contribution is 2.15. The summed E-state index contributed by atoms with van der Waals surface area (Å²) in [5.41, 5.74) is 2.63. The Balaban J connectivity index is 2.52. The molecule has 96 valence electrons. The fourth-order valence-corrected chi connectivity index (χ4v) is 1.85. The van der Waals surface area contributed by atoms with Crippen molar-refractivity contribution >= 4 is 0 Å². The average molecular weight is 235 g/mol. The van der Waals surface area contributed by atoms with Gasteiger partial charge in [-0.3, -0.25) is 0 Å². The van der Waals surface area contributed by atoms with E-state index in [4.69, 9.17) is 4.74 Å². The molecule has 0 radical (unpaired) electrons. The highest BCUT2D eigenvalue weighted by Gasteiger charge is 2.09. The van der Waals surface area contributed by atoms with Gasteiger partial charge in [0.15, 0.2) is 0 Å². The van der Waals surface area contributed by atoms with Crippen molar-refractivity contribution < 1.29 is 4.74 Å².